The minimum absolute atomic E-state index is 0.0662. The van der Waals surface area contributed by atoms with Gasteiger partial charge in [-0.3, -0.25) is 0 Å². The van der Waals surface area contributed by atoms with Crippen LogP contribution < -0.4 is 5.32 Å². The lowest BCUT2D eigenvalue weighted by molar-refractivity contribution is 0.0206. The van der Waals surface area contributed by atoms with Gasteiger partial charge in [-0.15, -0.1) is 11.3 Å². The quantitative estimate of drug-likeness (QED) is 0.862. The highest BCUT2D eigenvalue weighted by Gasteiger charge is 2.25. The van der Waals surface area contributed by atoms with Crippen LogP contribution in [-0.4, -0.2) is 52.1 Å². The summed E-state index contributed by atoms with van der Waals surface area (Å²) >= 11 is 1.23. The Bertz CT molecular complexity index is 438. The number of nitrogens with one attached hydrogen (secondary N) is 1. The fraction of sp³-hybridized carbons (Fsp3) is 0.600. The molecular weight excluding hydrogens is 260 g/mol. The van der Waals surface area contributed by atoms with Gasteiger partial charge in [-0.2, -0.15) is 4.31 Å². The van der Waals surface area contributed by atoms with E-state index in [-0.39, 0.29) is 6.10 Å². The minimum Gasteiger partial charge on any atom is -0.374 e. The van der Waals surface area contributed by atoms with Crippen LogP contribution in [0.5, 0.6) is 0 Å². The molecular formula is C10H16N2O3S2. The average Bonchev–Trinajstić information content (AvgIpc) is 2.84. The highest BCUT2D eigenvalue weighted by atomic mass is 32.2. The van der Waals surface area contributed by atoms with Crippen LogP contribution in [0, 0.1) is 0 Å². The van der Waals surface area contributed by atoms with Crippen LogP contribution in [0.4, 0.5) is 0 Å². The Balaban J connectivity index is 2.01. The summed E-state index contributed by atoms with van der Waals surface area (Å²) in [5, 5.41) is 4.95. The number of rotatable bonds is 4. The summed E-state index contributed by atoms with van der Waals surface area (Å²) in [5.74, 6) is 0. The maximum Gasteiger partial charge on any atom is 0.252 e. The highest BCUT2D eigenvalue weighted by Crippen LogP contribution is 2.20. The summed E-state index contributed by atoms with van der Waals surface area (Å²) in [7, 11) is -1.76. The molecule has 1 aliphatic heterocycles. The Kier molecular flexibility index (Phi) is 4.16. The largest absolute Gasteiger partial charge is 0.374 e. The second-order valence-electron chi connectivity index (χ2n) is 3.91. The van der Waals surface area contributed by atoms with Gasteiger partial charge in [-0.1, -0.05) is 6.07 Å². The smallest absolute Gasteiger partial charge is 0.252 e. The van der Waals surface area contributed by atoms with Gasteiger partial charge in [0.1, 0.15) is 4.21 Å². The molecule has 0 saturated carbocycles. The van der Waals surface area contributed by atoms with Gasteiger partial charge in [-0.05, 0) is 11.4 Å². The predicted molar refractivity (Wildman–Crippen MR) is 66.7 cm³/mol. The number of morpholine rings is 1. The average molecular weight is 276 g/mol. The molecule has 0 amide bonds. The maximum atomic E-state index is 12.1. The molecule has 1 saturated heterocycles. The van der Waals surface area contributed by atoms with Crippen molar-refractivity contribution >= 4 is 21.4 Å². The molecule has 1 aromatic heterocycles. The summed E-state index contributed by atoms with van der Waals surface area (Å²) in [6.45, 7) is 2.55. The number of thiophene rings is 1. The molecule has 0 aliphatic carbocycles. The van der Waals surface area contributed by atoms with E-state index in [1.54, 1.807) is 24.6 Å². The predicted octanol–water partition coefficient (Wildman–Crippen LogP) is 0.357. The third-order valence-corrected chi connectivity index (χ3v) is 5.82. The van der Waals surface area contributed by atoms with Crippen molar-refractivity contribution in [2.75, 3.05) is 33.3 Å². The summed E-state index contributed by atoms with van der Waals surface area (Å²) in [4.78, 5) is 0. The number of hydrogen-bond acceptors (Lipinski definition) is 5. The first-order chi connectivity index (χ1) is 8.10. The Labute approximate surface area is 105 Å². The Morgan fingerprint density at radius 1 is 1.65 bits per heavy atom. The fourth-order valence-electron chi connectivity index (χ4n) is 1.69. The van der Waals surface area contributed by atoms with Crippen LogP contribution in [0.2, 0.25) is 0 Å². The van der Waals surface area contributed by atoms with Gasteiger partial charge >= 0.3 is 0 Å². The molecule has 1 aliphatic rings. The number of nitrogens with zero attached hydrogens (tertiary/aromatic N) is 1. The molecule has 7 heteroatoms. The fourth-order valence-corrected chi connectivity index (χ4v) is 4.09. The minimum atomic E-state index is -3.35. The van der Waals surface area contributed by atoms with Crippen LogP contribution in [0.15, 0.2) is 21.7 Å². The van der Waals surface area contributed by atoms with E-state index in [9.17, 15) is 8.42 Å². The van der Waals surface area contributed by atoms with Gasteiger partial charge in [0.2, 0.25) is 0 Å². The van der Waals surface area contributed by atoms with E-state index in [4.69, 9.17) is 4.74 Å². The molecule has 17 heavy (non-hydrogen) atoms. The zero-order valence-electron chi connectivity index (χ0n) is 9.63. The number of likely N-dealkylation sites (N-methyl/N-ethyl adjacent to an activating group) is 1. The normalized spacial score (nSPS) is 21.9. The van der Waals surface area contributed by atoms with Crippen molar-refractivity contribution in [3.8, 4) is 0 Å². The van der Waals surface area contributed by atoms with Crippen LogP contribution in [0.1, 0.15) is 0 Å². The molecule has 1 aromatic rings. The SMILES string of the molecule is CN(CC1CNCCO1)S(=O)(=O)c1cccs1. The summed E-state index contributed by atoms with van der Waals surface area (Å²) in [6.07, 6.45) is -0.0662. The van der Waals surface area contributed by atoms with Crippen molar-refractivity contribution < 1.29 is 13.2 Å². The van der Waals surface area contributed by atoms with E-state index in [0.717, 1.165) is 6.54 Å². The zero-order valence-corrected chi connectivity index (χ0v) is 11.3. The Hall–Kier alpha value is -0.470. The van der Waals surface area contributed by atoms with Gasteiger partial charge < -0.3 is 10.1 Å². The summed E-state index contributed by atoms with van der Waals surface area (Å²) < 4.78 is 31.5. The highest BCUT2D eigenvalue weighted by molar-refractivity contribution is 7.91. The molecule has 1 unspecified atom stereocenters. The van der Waals surface area contributed by atoms with E-state index in [0.29, 0.717) is 23.9 Å². The van der Waals surface area contributed by atoms with Crippen LogP contribution >= 0.6 is 11.3 Å². The lowest BCUT2D eigenvalue weighted by Gasteiger charge is -2.27. The second-order valence-corrected chi connectivity index (χ2v) is 7.13. The molecule has 0 radical (unpaired) electrons. The molecule has 0 bridgehead atoms. The van der Waals surface area contributed by atoms with Crippen molar-refractivity contribution in [1.29, 1.82) is 0 Å². The van der Waals surface area contributed by atoms with Crippen molar-refractivity contribution in [1.82, 2.24) is 9.62 Å². The van der Waals surface area contributed by atoms with Crippen molar-refractivity contribution in [2.24, 2.45) is 0 Å². The molecule has 0 aromatic carbocycles. The molecule has 1 fully saturated rings. The van der Waals surface area contributed by atoms with Gasteiger partial charge in [0.25, 0.3) is 10.0 Å². The number of hydrogen-bond donors (Lipinski definition) is 1. The van der Waals surface area contributed by atoms with Crippen molar-refractivity contribution in [2.45, 2.75) is 10.3 Å². The van der Waals surface area contributed by atoms with Gasteiger partial charge in [0.05, 0.1) is 12.7 Å². The number of sulfonamides is 1. The van der Waals surface area contributed by atoms with Crippen LogP contribution in [0.3, 0.4) is 0 Å². The monoisotopic (exact) mass is 276 g/mol. The lowest BCUT2D eigenvalue weighted by atomic mass is 10.3. The van der Waals surface area contributed by atoms with E-state index in [1.165, 1.54) is 15.6 Å². The standard InChI is InChI=1S/C10H16N2O3S2/c1-12(8-9-7-11-4-5-15-9)17(13,14)10-3-2-6-16-10/h2-3,6,9,11H,4-5,7-8H2,1H3. The first kappa shape index (κ1) is 13.0. The number of ether oxygens (including phenoxy) is 1. The van der Waals surface area contributed by atoms with Gasteiger partial charge in [-0.25, -0.2) is 8.42 Å². The van der Waals surface area contributed by atoms with E-state index >= 15 is 0 Å². The molecule has 2 heterocycles. The topological polar surface area (TPSA) is 58.6 Å². The molecule has 5 nitrogen and oxygen atoms in total. The Morgan fingerprint density at radius 3 is 3.06 bits per heavy atom. The molecule has 1 atom stereocenters. The van der Waals surface area contributed by atoms with E-state index in [2.05, 4.69) is 5.32 Å². The maximum absolute atomic E-state index is 12.1. The summed E-state index contributed by atoms with van der Waals surface area (Å²) in [6, 6.07) is 3.36. The third kappa shape index (κ3) is 3.05. The van der Waals surface area contributed by atoms with Crippen LogP contribution in [0.25, 0.3) is 0 Å². The van der Waals surface area contributed by atoms with Crippen molar-refractivity contribution in [3.05, 3.63) is 17.5 Å². The second kappa shape index (κ2) is 5.45. The van der Waals surface area contributed by atoms with Gasteiger partial charge in [0, 0.05) is 26.7 Å². The first-order valence-electron chi connectivity index (χ1n) is 5.43. The zero-order chi connectivity index (χ0) is 12.3. The summed E-state index contributed by atoms with van der Waals surface area (Å²) in [5.41, 5.74) is 0. The van der Waals surface area contributed by atoms with E-state index < -0.39 is 10.0 Å². The molecule has 1 N–H and O–H groups in total. The molecule has 2 rings (SSSR count). The first-order valence-corrected chi connectivity index (χ1v) is 7.75. The Morgan fingerprint density at radius 2 is 2.47 bits per heavy atom. The lowest BCUT2D eigenvalue weighted by Crippen LogP contribution is -2.45. The molecule has 0 spiro atoms. The van der Waals surface area contributed by atoms with Crippen LogP contribution in [-0.2, 0) is 14.8 Å². The third-order valence-electron chi connectivity index (χ3n) is 2.62. The van der Waals surface area contributed by atoms with Gasteiger partial charge in [0.15, 0.2) is 0 Å². The van der Waals surface area contributed by atoms with Crippen molar-refractivity contribution in [3.63, 3.8) is 0 Å². The molecule has 96 valence electrons. The van der Waals surface area contributed by atoms with E-state index in [1.807, 2.05) is 0 Å².